The van der Waals surface area contributed by atoms with Gasteiger partial charge < -0.3 is 16.0 Å². The molecule has 0 bridgehead atoms. The monoisotopic (exact) mass is 337 g/mol. The van der Waals surface area contributed by atoms with Gasteiger partial charge in [0.25, 0.3) is 0 Å². The second kappa shape index (κ2) is 8.31. The maximum Gasteiger partial charge on any atom is 0.222 e. The smallest absolute Gasteiger partial charge is 0.222 e. The van der Waals surface area contributed by atoms with Gasteiger partial charge in [-0.3, -0.25) is 9.59 Å². The van der Waals surface area contributed by atoms with Crippen molar-refractivity contribution in [3.63, 3.8) is 0 Å². The Morgan fingerprint density at radius 1 is 1.35 bits per heavy atom. The van der Waals surface area contributed by atoms with Crippen LogP contribution >= 0.6 is 11.6 Å². The number of carbonyl (C=O) groups is 2. The fourth-order valence-corrected chi connectivity index (χ4v) is 3.00. The van der Waals surface area contributed by atoms with Gasteiger partial charge in [-0.2, -0.15) is 0 Å². The Kier molecular flexibility index (Phi) is 6.42. The summed E-state index contributed by atoms with van der Waals surface area (Å²) in [5.74, 6) is 0.202. The minimum absolute atomic E-state index is 0.0440. The zero-order valence-corrected chi connectivity index (χ0v) is 14.3. The molecule has 1 heterocycles. The topological polar surface area (TPSA) is 70.2 Å². The standard InChI is InChI=1S/C17H24ClN3O2/c1-11-10-19-8-7-15(11)21-17(23)9-16(20-12(2)22)13-3-5-14(18)6-4-13/h3-6,11,15-16,19H,7-10H2,1-2H3,(H,20,22)(H,21,23). The molecular formula is C17H24ClN3O2. The molecule has 1 aromatic rings. The highest BCUT2D eigenvalue weighted by Crippen LogP contribution is 2.20. The summed E-state index contributed by atoms with van der Waals surface area (Å²) in [5, 5.41) is 9.88. The normalized spacial score (nSPS) is 22.2. The van der Waals surface area contributed by atoms with Crippen LogP contribution in [0.25, 0.3) is 0 Å². The number of rotatable bonds is 5. The second-order valence-electron chi connectivity index (χ2n) is 6.15. The van der Waals surface area contributed by atoms with Crippen LogP contribution in [0.2, 0.25) is 5.02 Å². The first-order valence-corrected chi connectivity index (χ1v) is 8.36. The molecule has 6 heteroatoms. The lowest BCUT2D eigenvalue weighted by Crippen LogP contribution is -2.49. The van der Waals surface area contributed by atoms with E-state index in [2.05, 4.69) is 22.9 Å². The number of piperidine rings is 1. The van der Waals surface area contributed by atoms with E-state index in [0.717, 1.165) is 25.1 Å². The fraction of sp³-hybridized carbons (Fsp3) is 0.529. The third kappa shape index (κ3) is 5.52. The number of hydrogen-bond donors (Lipinski definition) is 3. The van der Waals surface area contributed by atoms with Crippen LogP contribution in [0.15, 0.2) is 24.3 Å². The van der Waals surface area contributed by atoms with Crippen molar-refractivity contribution in [2.24, 2.45) is 5.92 Å². The minimum Gasteiger partial charge on any atom is -0.353 e. The predicted octanol–water partition coefficient (Wildman–Crippen LogP) is 2.02. The van der Waals surface area contributed by atoms with E-state index < -0.39 is 0 Å². The first kappa shape index (κ1) is 17.8. The highest BCUT2D eigenvalue weighted by Gasteiger charge is 2.24. The van der Waals surface area contributed by atoms with E-state index in [9.17, 15) is 9.59 Å². The van der Waals surface area contributed by atoms with Crippen molar-refractivity contribution in [3.8, 4) is 0 Å². The number of hydrogen-bond acceptors (Lipinski definition) is 3. The van der Waals surface area contributed by atoms with E-state index in [-0.39, 0.29) is 30.3 Å². The lowest BCUT2D eigenvalue weighted by Gasteiger charge is -2.30. The van der Waals surface area contributed by atoms with Crippen molar-refractivity contribution < 1.29 is 9.59 Å². The molecule has 0 radical (unpaired) electrons. The molecule has 0 saturated carbocycles. The second-order valence-corrected chi connectivity index (χ2v) is 6.59. The van der Waals surface area contributed by atoms with Gasteiger partial charge in [0.15, 0.2) is 0 Å². The molecule has 0 aliphatic carbocycles. The first-order valence-electron chi connectivity index (χ1n) is 7.98. The van der Waals surface area contributed by atoms with Crippen LogP contribution < -0.4 is 16.0 Å². The Hall–Kier alpha value is -1.59. The van der Waals surface area contributed by atoms with E-state index >= 15 is 0 Å². The van der Waals surface area contributed by atoms with Crippen LogP contribution in [0.3, 0.4) is 0 Å². The molecule has 1 aliphatic heterocycles. The Morgan fingerprint density at radius 2 is 2.04 bits per heavy atom. The summed E-state index contributed by atoms with van der Waals surface area (Å²) in [6.45, 7) is 5.41. The summed E-state index contributed by atoms with van der Waals surface area (Å²) in [6, 6.07) is 7.04. The van der Waals surface area contributed by atoms with Crippen LogP contribution in [0.1, 0.15) is 38.3 Å². The maximum atomic E-state index is 12.4. The van der Waals surface area contributed by atoms with E-state index in [4.69, 9.17) is 11.6 Å². The van der Waals surface area contributed by atoms with Gasteiger partial charge >= 0.3 is 0 Å². The molecule has 3 N–H and O–H groups in total. The fourth-order valence-electron chi connectivity index (χ4n) is 2.87. The Morgan fingerprint density at radius 3 is 2.65 bits per heavy atom. The number of halogens is 1. The molecule has 1 aromatic carbocycles. The molecule has 2 amide bonds. The average Bonchev–Trinajstić information content (AvgIpc) is 2.49. The summed E-state index contributed by atoms with van der Waals surface area (Å²) in [4.78, 5) is 23.8. The lowest BCUT2D eigenvalue weighted by atomic mass is 9.94. The van der Waals surface area contributed by atoms with Gasteiger partial charge in [-0.05, 0) is 43.1 Å². The van der Waals surface area contributed by atoms with E-state index in [1.807, 2.05) is 12.1 Å². The third-order valence-corrected chi connectivity index (χ3v) is 4.42. The Balaban J connectivity index is 2.00. The van der Waals surface area contributed by atoms with Crippen molar-refractivity contribution >= 4 is 23.4 Å². The summed E-state index contributed by atoms with van der Waals surface area (Å²) < 4.78 is 0. The van der Waals surface area contributed by atoms with Crippen molar-refractivity contribution in [2.75, 3.05) is 13.1 Å². The van der Waals surface area contributed by atoms with Crippen LogP contribution in [0, 0.1) is 5.92 Å². The molecule has 3 unspecified atom stereocenters. The summed E-state index contributed by atoms with van der Waals surface area (Å²) in [7, 11) is 0. The number of amides is 2. The average molecular weight is 338 g/mol. The lowest BCUT2D eigenvalue weighted by molar-refractivity contribution is -0.123. The summed E-state index contributed by atoms with van der Waals surface area (Å²) >= 11 is 5.90. The number of carbonyl (C=O) groups excluding carboxylic acids is 2. The predicted molar refractivity (Wildman–Crippen MR) is 91.2 cm³/mol. The highest BCUT2D eigenvalue weighted by atomic mass is 35.5. The van der Waals surface area contributed by atoms with Gasteiger partial charge in [0, 0.05) is 18.0 Å². The van der Waals surface area contributed by atoms with Crippen LogP contribution in [-0.2, 0) is 9.59 Å². The van der Waals surface area contributed by atoms with Crippen molar-refractivity contribution in [1.82, 2.24) is 16.0 Å². The third-order valence-electron chi connectivity index (χ3n) is 4.17. The number of benzene rings is 1. The number of nitrogens with one attached hydrogen (secondary N) is 3. The van der Waals surface area contributed by atoms with Gasteiger partial charge in [0.05, 0.1) is 12.5 Å². The van der Waals surface area contributed by atoms with Crippen LogP contribution in [0.4, 0.5) is 0 Å². The van der Waals surface area contributed by atoms with Crippen LogP contribution in [0.5, 0.6) is 0 Å². The Bertz CT molecular complexity index is 547. The molecule has 1 fully saturated rings. The van der Waals surface area contributed by atoms with Gasteiger partial charge in [-0.25, -0.2) is 0 Å². The summed E-state index contributed by atoms with van der Waals surface area (Å²) in [5.41, 5.74) is 0.873. The van der Waals surface area contributed by atoms with E-state index in [0.29, 0.717) is 10.9 Å². The molecule has 0 spiro atoms. The van der Waals surface area contributed by atoms with Crippen LogP contribution in [-0.4, -0.2) is 30.9 Å². The molecule has 5 nitrogen and oxygen atoms in total. The maximum absolute atomic E-state index is 12.4. The van der Waals surface area contributed by atoms with Gasteiger partial charge in [-0.15, -0.1) is 0 Å². The highest BCUT2D eigenvalue weighted by molar-refractivity contribution is 6.30. The van der Waals surface area contributed by atoms with Crippen molar-refractivity contribution in [1.29, 1.82) is 0 Å². The molecule has 1 aliphatic rings. The van der Waals surface area contributed by atoms with Gasteiger partial charge in [0.2, 0.25) is 11.8 Å². The van der Waals surface area contributed by atoms with E-state index in [1.165, 1.54) is 6.92 Å². The van der Waals surface area contributed by atoms with Crippen molar-refractivity contribution in [2.45, 2.75) is 38.8 Å². The summed E-state index contributed by atoms with van der Waals surface area (Å²) in [6.07, 6.45) is 1.15. The molecule has 2 rings (SSSR count). The molecule has 23 heavy (non-hydrogen) atoms. The quantitative estimate of drug-likeness (QED) is 0.770. The molecule has 0 aromatic heterocycles. The van der Waals surface area contributed by atoms with Crippen molar-refractivity contribution in [3.05, 3.63) is 34.9 Å². The largest absolute Gasteiger partial charge is 0.353 e. The molecule has 126 valence electrons. The molecule has 3 atom stereocenters. The SMILES string of the molecule is CC(=O)NC(CC(=O)NC1CCNCC1C)c1ccc(Cl)cc1. The first-order chi connectivity index (χ1) is 11.0. The zero-order valence-electron chi connectivity index (χ0n) is 13.6. The molecular weight excluding hydrogens is 314 g/mol. The Labute approximate surface area is 142 Å². The zero-order chi connectivity index (χ0) is 16.8. The molecule has 1 saturated heterocycles. The van der Waals surface area contributed by atoms with Gasteiger partial charge in [-0.1, -0.05) is 30.7 Å². The minimum atomic E-state index is -0.346. The van der Waals surface area contributed by atoms with E-state index in [1.54, 1.807) is 12.1 Å². The van der Waals surface area contributed by atoms with Gasteiger partial charge in [0.1, 0.15) is 0 Å².